The van der Waals surface area contributed by atoms with E-state index < -0.39 is 0 Å². The Morgan fingerprint density at radius 1 is 1.46 bits per heavy atom. The second-order valence-corrected chi connectivity index (χ2v) is 2.74. The normalized spacial score (nSPS) is 12.8. The van der Waals surface area contributed by atoms with E-state index in [9.17, 15) is 4.79 Å². The van der Waals surface area contributed by atoms with Crippen LogP contribution in [0.3, 0.4) is 0 Å². The van der Waals surface area contributed by atoms with Crippen molar-refractivity contribution in [1.82, 2.24) is 5.32 Å². The van der Waals surface area contributed by atoms with Crippen LogP contribution in [-0.2, 0) is 4.79 Å². The lowest BCUT2D eigenvalue weighted by Gasteiger charge is -2.01. The van der Waals surface area contributed by atoms with Crippen LogP contribution in [0.25, 0.3) is 0 Å². The third-order valence-corrected chi connectivity index (χ3v) is 1.60. The van der Waals surface area contributed by atoms with Crippen molar-refractivity contribution in [1.29, 1.82) is 0 Å². The van der Waals surface area contributed by atoms with Crippen molar-refractivity contribution in [3.63, 3.8) is 0 Å². The maximum Gasteiger partial charge on any atom is 0.235 e. The highest BCUT2D eigenvalue weighted by Gasteiger charge is 1.96. The van der Waals surface area contributed by atoms with Crippen LogP contribution in [0.4, 0.5) is 0 Å². The standard InChI is InChI=1S/C8H15N3OS/c1-2-6(9)3-4-7(10)11-8(12)5-13/h3-4,13H,2,5,9-10H2,1H3,(H,11,12)/b6-3-,7-4+. The van der Waals surface area contributed by atoms with Gasteiger partial charge in [0.25, 0.3) is 0 Å². The Morgan fingerprint density at radius 3 is 2.54 bits per heavy atom. The number of hydrogen-bond donors (Lipinski definition) is 4. The lowest BCUT2D eigenvalue weighted by atomic mass is 10.3. The lowest BCUT2D eigenvalue weighted by molar-refractivity contribution is -0.117. The molecule has 0 rings (SSSR count). The number of hydrogen-bond acceptors (Lipinski definition) is 4. The zero-order chi connectivity index (χ0) is 10.3. The summed E-state index contributed by atoms with van der Waals surface area (Å²) in [5, 5.41) is 2.43. The average Bonchev–Trinajstić information content (AvgIpc) is 2.13. The van der Waals surface area contributed by atoms with Crippen LogP contribution in [-0.4, -0.2) is 11.7 Å². The van der Waals surface area contributed by atoms with Gasteiger partial charge in [-0.25, -0.2) is 0 Å². The number of amides is 1. The van der Waals surface area contributed by atoms with Gasteiger partial charge >= 0.3 is 0 Å². The fourth-order valence-electron chi connectivity index (χ4n) is 0.557. The number of carbonyl (C=O) groups is 1. The molecule has 5 heteroatoms. The van der Waals surface area contributed by atoms with Crippen LogP contribution in [0.1, 0.15) is 13.3 Å². The van der Waals surface area contributed by atoms with Gasteiger partial charge in [-0.3, -0.25) is 4.79 Å². The van der Waals surface area contributed by atoms with Crippen molar-refractivity contribution in [2.45, 2.75) is 13.3 Å². The van der Waals surface area contributed by atoms with Gasteiger partial charge in [0.05, 0.1) is 5.75 Å². The molecule has 0 spiro atoms. The molecule has 0 aliphatic heterocycles. The third kappa shape index (κ3) is 6.10. The van der Waals surface area contributed by atoms with E-state index in [2.05, 4.69) is 17.9 Å². The van der Waals surface area contributed by atoms with Crippen molar-refractivity contribution < 1.29 is 4.79 Å². The summed E-state index contributed by atoms with van der Waals surface area (Å²) in [6.07, 6.45) is 3.97. The molecule has 0 aromatic rings. The maximum absolute atomic E-state index is 10.8. The topological polar surface area (TPSA) is 81.1 Å². The fraction of sp³-hybridized carbons (Fsp3) is 0.375. The Morgan fingerprint density at radius 2 is 2.08 bits per heavy atom. The third-order valence-electron chi connectivity index (χ3n) is 1.31. The zero-order valence-corrected chi connectivity index (χ0v) is 8.47. The zero-order valence-electron chi connectivity index (χ0n) is 7.58. The second kappa shape index (κ2) is 6.42. The van der Waals surface area contributed by atoms with E-state index in [0.717, 1.165) is 6.42 Å². The molecule has 0 aromatic heterocycles. The van der Waals surface area contributed by atoms with E-state index in [4.69, 9.17) is 11.5 Å². The minimum atomic E-state index is -0.236. The Hall–Kier alpha value is -1.10. The highest BCUT2D eigenvalue weighted by atomic mass is 32.1. The number of carbonyl (C=O) groups excluding carboxylic acids is 1. The predicted octanol–water partition coefficient (Wildman–Crippen LogP) is 0.0851. The van der Waals surface area contributed by atoms with E-state index in [-0.39, 0.29) is 17.5 Å². The predicted molar refractivity (Wildman–Crippen MR) is 56.8 cm³/mol. The largest absolute Gasteiger partial charge is 0.402 e. The van der Waals surface area contributed by atoms with Crippen LogP contribution in [0, 0.1) is 0 Å². The molecule has 0 heterocycles. The Balaban J connectivity index is 4.10. The molecule has 0 atom stereocenters. The van der Waals surface area contributed by atoms with Crippen molar-refractivity contribution in [2.24, 2.45) is 11.5 Å². The van der Waals surface area contributed by atoms with E-state index in [0.29, 0.717) is 5.70 Å². The van der Waals surface area contributed by atoms with Crippen LogP contribution >= 0.6 is 12.6 Å². The molecule has 0 saturated carbocycles. The molecule has 0 bridgehead atoms. The highest BCUT2D eigenvalue weighted by Crippen LogP contribution is 1.91. The summed E-state index contributed by atoms with van der Waals surface area (Å²) >= 11 is 3.78. The summed E-state index contributed by atoms with van der Waals surface area (Å²) in [5.41, 5.74) is 11.7. The minimum absolute atomic E-state index is 0.113. The summed E-state index contributed by atoms with van der Waals surface area (Å²) < 4.78 is 0. The molecule has 74 valence electrons. The average molecular weight is 201 g/mol. The maximum atomic E-state index is 10.8. The first-order valence-electron chi connectivity index (χ1n) is 3.92. The van der Waals surface area contributed by atoms with Crippen molar-refractivity contribution in [3.8, 4) is 0 Å². The highest BCUT2D eigenvalue weighted by molar-refractivity contribution is 7.81. The molecule has 0 unspecified atom stereocenters. The second-order valence-electron chi connectivity index (χ2n) is 2.42. The van der Waals surface area contributed by atoms with Gasteiger partial charge in [0.2, 0.25) is 5.91 Å². The SMILES string of the molecule is CC/C(N)=C/C=C(\N)NC(=O)CS. The molecule has 0 saturated heterocycles. The van der Waals surface area contributed by atoms with Crippen molar-refractivity contribution in [3.05, 3.63) is 23.7 Å². The van der Waals surface area contributed by atoms with Crippen LogP contribution in [0.5, 0.6) is 0 Å². The van der Waals surface area contributed by atoms with Gasteiger partial charge in [-0.2, -0.15) is 12.6 Å². The fourth-order valence-corrected chi connectivity index (χ4v) is 0.636. The Labute approximate surface area is 83.5 Å². The van der Waals surface area contributed by atoms with E-state index >= 15 is 0 Å². The minimum Gasteiger partial charge on any atom is -0.402 e. The number of nitrogens with two attached hydrogens (primary N) is 2. The molecule has 0 aliphatic carbocycles. The number of allylic oxidation sites excluding steroid dienone is 3. The monoisotopic (exact) mass is 201 g/mol. The van der Waals surface area contributed by atoms with Crippen molar-refractivity contribution in [2.75, 3.05) is 5.75 Å². The van der Waals surface area contributed by atoms with Gasteiger partial charge in [0, 0.05) is 5.70 Å². The molecule has 1 amide bonds. The molecule has 0 aliphatic rings. The number of rotatable bonds is 4. The van der Waals surface area contributed by atoms with Gasteiger partial charge in [-0.05, 0) is 18.6 Å². The van der Waals surface area contributed by atoms with Gasteiger partial charge in [0.15, 0.2) is 0 Å². The van der Waals surface area contributed by atoms with Crippen LogP contribution < -0.4 is 16.8 Å². The molecule has 13 heavy (non-hydrogen) atoms. The molecule has 0 radical (unpaired) electrons. The molecular formula is C8H15N3OS. The summed E-state index contributed by atoms with van der Waals surface area (Å²) in [6, 6.07) is 0. The quantitative estimate of drug-likeness (QED) is 0.384. The van der Waals surface area contributed by atoms with Crippen LogP contribution in [0.15, 0.2) is 23.7 Å². The molecule has 4 nitrogen and oxygen atoms in total. The van der Waals surface area contributed by atoms with Crippen LogP contribution in [0.2, 0.25) is 0 Å². The van der Waals surface area contributed by atoms with Crippen molar-refractivity contribution >= 4 is 18.5 Å². The first-order valence-corrected chi connectivity index (χ1v) is 4.56. The molecule has 0 aromatic carbocycles. The van der Waals surface area contributed by atoms with E-state index in [1.165, 1.54) is 0 Å². The van der Waals surface area contributed by atoms with Gasteiger partial charge < -0.3 is 16.8 Å². The summed E-state index contributed by atoms with van der Waals surface area (Å²) in [5.74, 6) is 0.151. The smallest absolute Gasteiger partial charge is 0.235 e. The summed E-state index contributed by atoms with van der Waals surface area (Å²) in [7, 11) is 0. The summed E-state index contributed by atoms with van der Waals surface area (Å²) in [6.45, 7) is 1.93. The molecule has 0 fully saturated rings. The number of thiol groups is 1. The molecule has 5 N–H and O–H groups in total. The van der Waals surface area contributed by atoms with Gasteiger partial charge in [-0.1, -0.05) is 6.92 Å². The Bertz CT molecular complexity index is 236. The molecular weight excluding hydrogens is 186 g/mol. The first-order chi connectivity index (χ1) is 6.10. The van der Waals surface area contributed by atoms with Gasteiger partial charge in [0.1, 0.15) is 5.82 Å². The lowest BCUT2D eigenvalue weighted by Crippen LogP contribution is -2.28. The Kier molecular flexibility index (Phi) is 5.88. The van der Waals surface area contributed by atoms with E-state index in [1.807, 2.05) is 6.92 Å². The number of nitrogens with one attached hydrogen (secondary N) is 1. The summed E-state index contributed by atoms with van der Waals surface area (Å²) in [4.78, 5) is 10.8. The van der Waals surface area contributed by atoms with E-state index in [1.54, 1.807) is 12.2 Å². The first kappa shape index (κ1) is 11.9. The van der Waals surface area contributed by atoms with Gasteiger partial charge in [-0.15, -0.1) is 0 Å².